The van der Waals surface area contributed by atoms with E-state index in [2.05, 4.69) is 18.7 Å². The third kappa shape index (κ3) is 2.29. The van der Waals surface area contributed by atoms with Gasteiger partial charge in [0.05, 0.1) is 5.69 Å². The minimum absolute atomic E-state index is 0.134. The molecule has 1 saturated heterocycles. The molecule has 0 radical (unpaired) electrons. The zero-order valence-electron chi connectivity index (χ0n) is 10.8. The summed E-state index contributed by atoms with van der Waals surface area (Å²) < 4.78 is 13.9. The van der Waals surface area contributed by atoms with Crippen LogP contribution in [0.25, 0.3) is 0 Å². The first-order valence-corrected chi connectivity index (χ1v) is 6.29. The summed E-state index contributed by atoms with van der Waals surface area (Å²) in [6.45, 7) is 7.11. The van der Waals surface area contributed by atoms with Crippen molar-refractivity contribution in [2.75, 3.05) is 11.4 Å². The number of benzene rings is 1. The Hall–Kier alpha value is -1.09. The number of nitrogens with two attached hydrogens (primary N) is 1. The molecule has 0 saturated carbocycles. The zero-order valence-corrected chi connectivity index (χ0v) is 10.8. The lowest BCUT2D eigenvalue weighted by Gasteiger charge is -2.43. The number of halogens is 1. The predicted octanol–water partition coefficient (Wildman–Crippen LogP) is 2.70. The van der Waals surface area contributed by atoms with Gasteiger partial charge in [-0.3, -0.25) is 0 Å². The number of piperidine rings is 1. The number of hydrogen-bond acceptors (Lipinski definition) is 2. The topological polar surface area (TPSA) is 29.3 Å². The molecule has 0 bridgehead atoms. The van der Waals surface area contributed by atoms with E-state index in [1.54, 1.807) is 6.07 Å². The third-order valence-corrected chi connectivity index (χ3v) is 4.04. The van der Waals surface area contributed by atoms with Crippen LogP contribution < -0.4 is 10.6 Å². The highest BCUT2D eigenvalue weighted by molar-refractivity contribution is 5.51. The van der Waals surface area contributed by atoms with Crippen LogP contribution in [0, 0.1) is 18.7 Å². The van der Waals surface area contributed by atoms with Crippen LogP contribution in [0.15, 0.2) is 18.2 Å². The van der Waals surface area contributed by atoms with Crippen LogP contribution in [0.3, 0.4) is 0 Å². The van der Waals surface area contributed by atoms with Crippen molar-refractivity contribution in [2.24, 2.45) is 11.7 Å². The Balaban J connectivity index is 2.30. The fraction of sp³-hybridized carbons (Fsp3) is 0.571. The van der Waals surface area contributed by atoms with Gasteiger partial charge >= 0.3 is 0 Å². The maximum absolute atomic E-state index is 13.9. The van der Waals surface area contributed by atoms with E-state index in [0.29, 0.717) is 5.92 Å². The molecule has 1 aliphatic rings. The van der Waals surface area contributed by atoms with Gasteiger partial charge in [-0.15, -0.1) is 0 Å². The minimum Gasteiger partial charge on any atom is -0.366 e. The van der Waals surface area contributed by atoms with Crippen LogP contribution in [-0.4, -0.2) is 18.6 Å². The second-order valence-corrected chi connectivity index (χ2v) is 5.20. The SMILES string of the molecule is Cc1ccc(F)c(N2CCC(N)C(C)C2C)c1. The molecule has 3 atom stereocenters. The molecule has 3 heteroatoms. The lowest BCUT2D eigenvalue weighted by molar-refractivity contribution is 0.313. The molecule has 1 aliphatic heterocycles. The first kappa shape index (κ1) is 12.4. The quantitative estimate of drug-likeness (QED) is 0.812. The van der Waals surface area contributed by atoms with Crippen molar-refractivity contribution in [3.63, 3.8) is 0 Å². The van der Waals surface area contributed by atoms with Gasteiger partial charge in [0.15, 0.2) is 0 Å². The van der Waals surface area contributed by atoms with Gasteiger partial charge in [0.1, 0.15) is 5.82 Å². The Morgan fingerprint density at radius 3 is 2.76 bits per heavy atom. The van der Waals surface area contributed by atoms with E-state index >= 15 is 0 Å². The van der Waals surface area contributed by atoms with Gasteiger partial charge in [0.25, 0.3) is 0 Å². The molecule has 94 valence electrons. The number of aryl methyl sites for hydroxylation is 1. The first-order valence-electron chi connectivity index (χ1n) is 6.29. The molecule has 2 N–H and O–H groups in total. The number of anilines is 1. The molecule has 0 spiro atoms. The van der Waals surface area contributed by atoms with Gasteiger partial charge in [0, 0.05) is 18.6 Å². The Bertz CT molecular complexity index is 405. The third-order valence-electron chi connectivity index (χ3n) is 4.04. The average Bonchev–Trinajstić information content (AvgIpc) is 2.30. The fourth-order valence-electron chi connectivity index (χ4n) is 2.58. The molecule has 3 unspecified atom stereocenters. The summed E-state index contributed by atoms with van der Waals surface area (Å²) in [6.07, 6.45) is 0.929. The van der Waals surface area contributed by atoms with Crippen molar-refractivity contribution in [1.82, 2.24) is 0 Å². The maximum Gasteiger partial charge on any atom is 0.146 e. The maximum atomic E-state index is 13.9. The van der Waals surface area contributed by atoms with Crippen molar-refractivity contribution in [3.8, 4) is 0 Å². The van der Waals surface area contributed by atoms with Crippen LogP contribution in [0.2, 0.25) is 0 Å². The highest BCUT2D eigenvalue weighted by atomic mass is 19.1. The summed E-state index contributed by atoms with van der Waals surface area (Å²) in [6, 6.07) is 5.80. The first-order chi connectivity index (χ1) is 8.00. The number of hydrogen-bond donors (Lipinski definition) is 1. The molecule has 1 fully saturated rings. The molecule has 1 heterocycles. The highest BCUT2D eigenvalue weighted by Crippen LogP contribution is 2.30. The molecule has 2 nitrogen and oxygen atoms in total. The lowest BCUT2D eigenvalue weighted by Crippen LogP contribution is -2.52. The van der Waals surface area contributed by atoms with E-state index in [4.69, 9.17) is 5.73 Å². The molecule has 0 amide bonds. The van der Waals surface area contributed by atoms with Crippen molar-refractivity contribution in [2.45, 2.75) is 39.3 Å². The summed E-state index contributed by atoms with van der Waals surface area (Å²) >= 11 is 0. The minimum atomic E-state index is -0.134. The van der Waals surface area contributed by atoms with E-state index in [-0.39, 0.29) is 17.9 Å². The average molecular weight is 236 g/mol. The van der Waals surface area contributed by atoms with Crippen LogP contribution in [0.4, 0.5) is 10.1 Å². The fourth-order valence-corrected chi connectivity index (χ4v) is 2.58. The molecule has 1 aromatic rings. The summed E-state index contributed by atoms with van der Waals surface area (Å²) in [7, 11) is 0. The van der Waals surface area contributed by atoms with E-state index in [9.17, 15) is 4.39 Å². The molecular weight excluding hydrogens is 215 g/mol. The number of rotatable bonds is 1. The van der Waals surface area contributed by atoms with Gasteiger partial charge in [-0.1, -0.05) is 13.0 Å². The smallest absolute Gasteiger partial charge is 0.146 e. The molecular formula is C14H21FN2. The normalized spacial score (nSPS) is 29.5. The second-order valence-electron chi connectivity index (χ2n) is 5.20. The summed E-state index contributed by atoms with van der Waals surface area (Å²) in [5.41, 5.74) is 7.87. The van der Waals surface area contributed by atoms with Crippen molar-refractivity contribution >= 4 is 5.69 Å². The summed E-state index contributed by atoms with van der Waals surface area (Å²) in [5.74, 6) is 0.258. The van der Waals surface area contributed by atoms with Gasteiger partial charge < -0.3 is 10.6 Å². The van der Waals surface area contributed by atoms with E-state index in [1.165, 1.54) is 0 Å². The van der Waals surface area contributed by atoms with Crippen molar-refractivity contribution in [3.05, 3.63) is 29.6 Å². The zero-order chi connectivity index (χ0) is 12.6. The number of nitrogens with zero attached hydrogens (tertiary/aromatic N) is 1. The molecule has 0 aromatic heterocycles. The van der Waals surface area contributed by atoms with Gasteiger partial charge in [-0.25, -0.2) is 4.39 Å². The molecule has 0 aliphatic carbocycles. The van der Waals surface area contributed by atoms with Gasteiger partial charge in [0.2, 0.25) is 0 Å². The van der Waals surface area contributed by atoms with Crippen LogP contribution >= 0.6 is 0 Å². The van der Waals surface area contributed by atoms with E-state index < -0.39 is 0 Å². The largest absolute Gasteiger partial charge is 0.366 e. The monoisotopic (exact) mass is 236 g/mol. The summed E-state index contributed by atoms with van der Waals surface area (Å²) in [5, 5.41) is 0. The Kier molecular flexibility index (Phi) is 3.38. The molecule has 2 rings (SSSR count). The molecule has 1 aromatic carbocycles. The van der Waals surface area contributed by atoms with Gasteiger partial charge in [-0.2, -0.15) is 0 Å². The van der Waals surface area contributed by atoms with Crippen LogP contribution in [0.5, 0.6) is 0 Å². The lowest BCUT2D eigenvalue weighted by atomic mass is 9.87. The van der Waals surface area contributed by atoms with E-state index in [0.717, 1.165) is 24.2 Å². The Morgan fingerprint density at radius 1 is 1.35 bits per heavy atom. The molecule has 17 heavy (non-hydrogen) atoms. The van der Waals surface area contributed by atoms with Crippen molar-refractivity contribution < 1.29 is 4.39 Å². The highest BCUT2D eigenvalue weighted by Gasteiger charge is 2.31. The van der Waals surface area contributed by atoms with Crippen molar-refractivity contribution in [1.29, 1.82) is 0 Å². The predicted molar refractivity (Wildman–Crippen MR) is 69.7 cm³/mol. The van der Waals surface area contributed by atoms with E-state index in [1.807, 2.05) is 19.1 Å². The standard InChI is InChI=1S/C14H21FN2/c1-9-4-5-12(15)14(8-9)17-7-6-13(16)10(2)11(17)3/h4-5,8,10-11,13H,6-7,16H2,1-3H3. The Labute approximate surface area is 103 Å². The summed E-state index contributed by atoms with van der Waals surface area (Å²) in [4.78, 5) is 2.15. The second kappa shape index (κ2) is 4.65. The van der Waals surface area contributed by atoms with Crippen LogP contribution in [0.1, 0.15) is 25.8 Å². The van der Waals surface area contributed by atoms with Gasteiger partial charge in [-0.05, 0) is 43.9 Å². The Morgan fingerprint density at radius 2 is 2.06 bits per heavy atom. The van der Waals surface area contributed by atoms with Crippen LogP contribution in [-0.2, 0) is 0 Å².